The van der Waals surface area contributed by atoms with E-state index in [-0.39, 0.29) is 17.4 Å². The second-order valence-electron chi connectivity index (χ2n) is 10.1. The summed E-state index contributed by atoms with van der Waals surface area (Å²) in [5.41, 5.74) is 3.51. The van der Waals surface area contributed by atoms with Gasteiger partial charge in [0.05, 0.1) is 25.7 Å². The molecule has 4 aromatic carbocycles. The van der Waals surface area contributed by atoms with Gasteiger partial charge < -0.3 is 25.4 Å². The Bertz CT molecular complexity index is 1640. The summed E-state index contributed by atoms with van der Waals surface area (Å²) >= 11 is 1.32. The van der Waals surface area contributed by atoms with Crippen molar-refractivity contribution in [3.05, 3.63) is 119 Å². The molecule has 0 aromatic heterocycles. The maximum absolute atomic E-state index is 13.5. The summed E-state index contributed by atoms with van der Waals surface area (Å²) in [4.78, 5) is 39.9. The molecule has 0 aliphatic rings. The van der Waals surface area contributed by atoms with Crippen LogP contribution >= 0.6 is 11.8 Å². The van der Waals surface area contributed by atoms with Crippen molar-refractivity contribution in [2.24, 2.45) is 0 Å². The quantitative estimate of drug-likeness (QED) is 0.118. The van der Waals surface area contributed by atoms with Crippen LogP contribution in [0, 0.1) is 0 Å². The number of carbonyl (C=O) groups is 3. The third kappa shape index (κ3) is 8.99. The number of ether oxygens (including phenoxy) is 2. The Morgan fingerprint density at radius 2 is 1.57 bits per heavy atom. The molecule has 0 heterocycles. The Balaban J connectivity index is 1.46. The first-order valence-corrected chi connectivity index (χ1v) is 15.0. The second kappa shape index (κ2) is 15.5. The maximum atomic E-state index is 13.5. The summed E-state index contributed by atoms with van der Waals surface area (Å²) in [6, 6.07) is 28.9. The molecule has 0 saturated carbocycles. The molecule has 9 heteroatoms. The lowest BCUT2D eigenvalue weighted by atomic mass is 10.0. The van der Waals surface area contributed by atoms with Gasteiger partial charge in [-0.1, -0.05) is 62.4 Å². The minimum absolute atomic E-state index is 0.0980. The van der Waals surface area contributed by atoms with E-state index in [0.717, 1.165) is 10.5 Å². The van der Waals surface area contributed by atoms with Crippen molar-refractivity contribution >= 4 is 46.9 Å². The van der Waals surface area contributed by atoms with E-state index in [0.29, 0.717) is 34.4 Å². The van der Waals surface area contributed by atoms with Crippen LogP contribution in [0.5, 0.6) is 11.5 Å². The highest BCUT2D eigenvalue weighted by atomic mass is 32.2. The molecule has 0 fully saturated rings. The van der Waals surface area contributed by atoms with Crippen molar-refractivity contribution < 1.29 is 23.9 Å². The van der Waals surface area contributed by atoms with Crippen LogP contribution in [0.1, 0.15) is 41.3 Å². The van der Waals surface area contributed by atoms with Gasteiger partial charge in [0.25, 0.3) is 11.8 Å². The lowest BCUT2D eigenvalue weighted by Gasteiger charge is -2.13. The van der Waals surface area contributed by atoms with Gasteiger partial charge in [-0.05, 0) is 65.6 Å². The Hall–Kier alpha value is -5.02. The molecular formula is C35H35N3O5S. The van der Waals surface area contributed by atoms with E-state index in [1.807, 2.05) is 36.4 Å². The Kier molecular flexibility index (Phi) is 11.2. The number of benzene rings is 4. The number of anilines is 2. The first kappa shape index (κ1) is 31.9. The van der Waals surface area contributed by atoms with Gasteiger partial charge in [0.2, 0.25) is 5.91 Å². The van der Waals surface area contributed by atoms with Crippen molar-refractivity contribution in [2.75, 3.05) is 30.6 Å². The van der Waals surface area contributed by atoms with E-state index in [1.54, 1.807) is 73.8 Å². The summed E-state index contributed by atoms with van der Waals surface area (Å²) < 4.78 is 10.6. The molecule has 8 nitrogen and oxygen atoms in total. The summed E-state index contributed by atoms with van der Waals surface area (Å²) in [6.45, 7) is 4.22. The fourth-order valence-electron chi connectivity index (χ4n) is 4.20. The predicted molar refractivity (Wildman–Crippen MR) is 176 cm³/mol. The number of hydrogen-bond donors (Lipinski definition) is 3. The predicted octanol–water partition coefficient (Wildman–Crippen LogP) is 6.97. The van der Waals surface area contributed by atoms with E-state index >= 15 is 0 Å². The largest absolute Gasteiger partial charge is 0.497 e. The number of amides is 3. The molecule has 0 spiro atoms. The number of thioether (sulfide) groups is 1. The monoisotopic (exact) mass is 609 g/mol. The molecule has 0 radical (unpaired) electrons. The highest BCUT2D eigenvalue weighted by Gasteiger charge is 2.16. The molecule has 4 aromatic rings. The fraction of sp³-hybridized carbons (Fsp3) is 0.171. The van der Waals surface area contributed by atoms with Gasteiger partial charge in [0.15, 0.2) is 0 Å². The Labute approximate surface area is 261 Å². The third-order valence-corrected chi connectivity index (χ3v) is 7.58. The molecule has 0 aliphatic carbocycles. The number of carbonyl (C=O) groups excluding carboxylic acids is 3. The zero-order chi connectivity index (χ0) is 31.5. The molecule has 3 amide bonds. The lowest BCUT2D eigenvalue weighted by Crippen LogP contribution is -2.30. The van der Waals surface area contributed by atoms with Gasteiger partial charge in [0, 0.05) is 22.2 Å². The first-order valence-electron chi connectivity index (χ1n) is 14.0. The second-order valence-corrected chi connectivity index (χ2v) is 11.1. The third-order valence-electron chi connectivity index (χ3n) is 6.59. The van der Waals surface area contributed by atoms with Crippen LogP contribution in [-0.2, 0) is 9.59 Å². The highest BCUT2D eigenvalue weighted by molar-refractivity contribution is 8.00. The van der Waals surface area contributed by atoms with Gasteiger partial charge in [0.1, 0.15) is 17.2 Å². The number of nitrogens with one attached hydrogen (secondary N) is 3. The highest BCUT2D eigenvalue weighted by Crippen LogP contribution is 2.29. The number of hydrogen-bond acceptors (Lipinski definition) is 6. The minimum Gasteiger partial charge on any atom is -0.497 e. The molecule has 0 saturated heterocycles. The van der Waals surface area contributed by atoms with Gasteiger partial charge in [-0.25, -0.2) is 0 Å². The summed E-state index contributed by atoms with van der Waals surface area (Å²) in [5, 5.41) is 8.50. The van der Waals surface area contributed by atoms with E-state index in [4.69, 9.17) is 9.47 Å². The van der Waals surface area contributed by atoms with Crippen LogP contribution < -0.4 is 25.4 Å². The van der Waals surface area contributed by atoms with Crippen LogP contribution in [0.4, 0.5) is 11.4 Å². The molecule has 4 rings (SSSR count). The summed E-state index contributed by atoms with van der Waals surface area (Å²) in [6.07, 6.45) is 1.65. The van der Waals surface area contributed by atoms with Crippen molar-refractivity contribution in [3.63, 3.8) is 0 Å². The molecule has 44 heavy (non-hydrogen) atoms. The van der Waals surface area contributed by atoms with E-state index in [9.17, 15) is 14.4 Å². The zero-order valence-electron chi connectivity index (χ0n) is 25.0. The number of methoxy groups -OCH3 is 2. The summed E-state index contributed by atoms with van der Waals surface area (Å²) in [5.74, 6) is 0.512. The molecular weight excluding hydrogens is 574 g/mol. The van der Waals surface area contributed by atoms with Crippen molar-refractivity contribution in [2.45, 2.75) is 24.7 Å². The van der Waals surface area contributed by atoms with Crippen LogP contribution in [-0.4, -0.2) is 37.7 Å². The van der Waals surface area contributed by atoms with Gasteiger partial charge >= 0.3 is 0 Å². The Morgan fingerprint density at radius 1 is 0.818 bits per heavy atom. The van der Waals surface area contributed by atoms with E-state index in [2.05, 4.69) is 29.8 Å². The fourth-order valence-corrected chi connectivity index (χ4v) is 4.95. The Morgan fingerprint density at radius 3 is 2.25 bits per heavy atom. The normalized spacial score (nSPS) is 11.1. The smallest absolute Gasteiger partial charge is 0.272 e. The molecule has 0 bridgehead atoms. The molecule has 0 unspecified atom stereocenters. The van der Waals surface area contributed by atoms with Crippen LogP contribution in [0.15, 0.2) is 108 Å². The minimum atomic E-state index is -0.479. The summed E-state index contributed by atoms with van der Waals surface area (Å²) in [7, 11) is 3.08. The van der Waals surface area contributed by atoms with Crippen molar-refractivity contribution in [1.82, 2.24) is 5.32 Å². The van der Waals surface area contributed by atoms with Crippen molar-refractivity contribution in [1.29, 1.82) is 0 Å². The van der Waals surface area contributed by atoms with E-state index in [1.165, 1.54) is 24.4 Å². The average molecular weight is 610 g/mol. The molecule has 3 N–H and O–H groups in total. The maximum Gasteiger partial charge on any atom is 0.272 e. The standard InChI is InChI=1S/C35H35N3O5S/c1-23(2)25-15-13-24(14-16-25)19-31(38-34(40)26-9-6-5-7-10-26)35(41)36-27-11-8-12-29(20-27)44-22-33(39)37-30-21-28(42-3)17-18-32(30)43-4/h5-21,23H,22H2,1-4H3,(H,36,41)(H,37,39)(H,38,40)/b31-19+. The van der Waals surface area contributed by atoms with Gasteiger partial charge in [-0.2, -0.15) is 0 Å². The molecule has 0 atom stereocenters. The molecule has 0 aliphatic heterocycles. The van der Waals surface area contributed by atoms with Gasteiger partial charge in [-0.15, -0.1) is 11.8 Å². The van der Waals surface area contributed by atoms with Crippen LogP contribution in [0.25, 0.3) is 6.08 Å². The van der Waals surface area contributed by atoms with Gasteiger partial charge in [-0.3, -0.25) is 14.4 Å². The number of rotatable bonds is 12. The zero-order valence-corrected chi connectivity index (χ0v) is 25.9. The van der Waals surface area contributed by atoms with Crippen LogP contribution in [0.2, 0.25) is 0 Å². The van der Waals surface area contributed by atoms with Crippen molar-refractivity contribution in [3.8, 4) is 11.5 Å². The van der Waals surface area contributed by atoms with E-state index < -0.39 is 11.8 Å². The first-order chi connectivity index (χ1) is 21.2. The average Bonchev–Trinajstić information content (AvgIpc) is 3.04. The van der Waals surface area contributed by atoms with Crippen LogP contribution in [0.3, 0.4) is 0 Å². The SMILES string of the molecule is COc1ccc(OC)c(NC(=O)CSc2cccc(NC(=O)/C(=C\c3ccc(C(C)C)cc3)NC(=O)c3ccccc3)c2)c1. The topological polar surface area (TPSA) is 106 Å². The lowest BCUT2D eigenvalue weighted by molar-refractivity contribution is -0.114. The molecule has 226 valence electrons.